The Balaban J connectivity index is 2.21. The van der Waals surface area contributed by atoms with Gasteiger partial charge in [0, 0.05) is 10.6 Å². The Morgan fingerprint density at radius 1 is 1.21 bits per heavy atom. The van der Waals surface area contributed by atoms with Crippen molar-refractivity contribution in [1.29, 1.82) is 0 Å². The summed E-state index contributed by atoms with van der Waals surface area (Å²) in [4.78, 5) is 1.32. The van der Waals surface area contributed by atoms with E-state index in [9.17, 15) is 0 Å². The number of nitrogen functional groups attached to an aromatic ring is 1. The van der Waals surface area contributed by atoms with E-state index in [-0.39, 0.29) is 0 Å². The Morgan fingerprint density at radius 3 is 2.43 bits per heavy atom. The molecule has 1 aromatic carbocycles. The molecule has 0 aromatic heterocycles. The second-order valence-electron chi connectivity index (χ2n) is 3.95. The lowest BCUT2D eigenvalue weighted by atomic mass is 10.1. The highest BCUT2D eigenvalue weighted by atomic mass is 32.2. The number of hydrogen-bond donors (Lipinski definition) is 1. The van der Waals surface area contributed by atoms with Gasteiger partial charge in [-0.2, -0.15) is 0 Å². The molecule has 0 spiro atoms. The number of anilines is 1. The molecule has 14 heavy (non-hydrogen) atoms. The summed E-state index contributed by atoms with van der Waals surface area (Å²) >= 11 is 1.92. The van der Waals surface area contributed by atoms with Crippen molar-refractivity contribution in [3.8, 4) is 0 Å². The molecule has 1 nitrogen and oxygen atoms in total. The third-order valence-corrected chi connectivity index (χ3v) is 3.17. The molecule has 78 valence electrons. The molecule has 0 saturated carbocycles. The molecule has 0 heterocycles. The second-order valence-corrected chi connectivity index (χ2v) is 5.12. The number of rotatable bonds is 5. The number of hydrogen-bond acceptors (Lipinski definition) is 2. The fourth-order valence-corrected chi connectivity index (χ4v) is 2.12. The summed E-state index contributed by atoms with van der Waals surface area (Å²) in [6, 6.07) is 8.11. The molecule has 0 fully saturated rings. The third-order valence-electron chi connectivity index (χ3n) is 2.07. The van der Waals surface area contributed by atoms with Gasteiger partial charge in [-0.1, -0.05) is 20.3 Å². The van der Waals surface area contributed by atoms with Gasteiger partial charge in [-0.25, -0.2) is 0 Å². The lowest BCUT2D eigenvalue weighted by Crippen LogP contribution is -1.89. The highest BCUT2D eigenvalue weighted by molar-refractivity contribution is 7.99. The van der Waals surface area contributed by atoms with Crippen molar-refractivity contribution in [1.82, 2.24) is 0 Å². The van der Waals surface area contributed by atoms with Gasteiger partial charge in [-0.3, -0.25) is 0 Å². The van der Waals surface area contributed by atoms with Crippen LogP contribution in [0.3, 0.4) is 0 Å². The first-order valence-corrected chi connectivity index (χ1v) is 6.15. The zero-order chi connectivity index (χ0) is 10.4. The molecule has 0 aliphatic carbocycles. The predicted molar refractivity (Wildman–Crippen MR) is 65.7 cm³/mol. The first-order chi connectivity index (χ1) is 6.68. The lowest BCUT2D eigenvalue weighted by Gasteiger charge is -2.04. The van der Waals surface area contributed by atoms with Crippen LogP contribution in [0, 0.1) is 5.92 Å². The topological polar surface area (TPSA) is 26.0 Å². The van der Waals surface area contributed by atoms with Gasteiger partial charge in [0.1, 0.15) is 0 Å². The fraction of sp³-hybridized carbons (Fsp3) is 0.500. The molecule has 2 N–H and O–H groups in total. The Kier molecular flexibility index (Phi) is 4.88. The first kappa shape index (κ1) is 11.4. The Morgan fingerprint density at radius 2 is 1.86 bits per heavy atom. The average Bonchev–Trinajstić information content (AvgIpc) is 2.15. The van der Waals surface area contributed by atoms with E-state index in [1.165, 1.54) is 23.5 Å². The van der Waals surface area contributed by atoms with E-state index in [0.29, 0.717) is 0 Å². The standard InChI is InChI=1S/C12H19NS/c1-10(2)4-3-9-14-12-7-5-11(13)6-8-12/h5-8,10H,3-4,9,13H2,1-2H3. The summed E-state index contributed by atoms with van der Waals surface area (Å²) in [7, 11) is 0. The summed E-state index contributed by atoms with van der Waals surface area (Å²) in [6.45, 7) is 4.54. The van der Waals surface area contributed by atoms with Crippen LogP contribution >= 0.6 is 11.8 Å². The van der Waals surface area contributed by atoms with Gasteiger partial charge in [-0.05, 0) is 42.4 Å². The van der Waals surface area contributed by atoms with Crippen molar-refractivity contribution in [3.63, 3.8) is 0 Å². The van der Waals surface area contributed by atoms with Crippen LogP contribution in [0.25, 0.3) is 0 Å². The van der Waals surface area contributed by atoms with Crippen molar-refractivity contribution < 1.29 is 0 Å². The van der Waals surface area contributed by atoms with E-state index in [0.717, 1.165) is 11.6 Å². The van der Waals surface area contributed by atoms with Gasteiger partial charge in [0.05, 0.1) is 0 Å². The zero-order valence-corrected chi connectivity index (χ0v) is 9.81. The van der Waals surface area contributed by atoms with Crippen LogP contribution in [0.15, 0.2) is 29.2 Å². The fourth-order valence-electron chi connectivity index (χ4n) is 1.25. The zero-order valence-electron chi connectivity index (χ0n) is 8.99. The minimum Gasteiger partial charge on any atom is -0.399 e. The Hall–Kier alpha value is -0.630. The monoisotopic (exact) mass is 209 g/mol. The van der Waals surface area contributed by atoms with Gasteiger partial charge in [0.25, 0.3) is 0 Å². The first-order valence-electron chi connectivity index (χ1n) is 5.17. The normalized spacial score (nSPS) is 10.8. The van der Waals surface area contributed by atoms with Crippen molar-refractivity contribution >= 4 is 17.4 Å². The van der Waals surface area contributed by atoms with Gasteiger partial charge in [0.15, 0.2) is 0 Å². The molecule has 0 saturated heterocycles. The van der Waals surface area contributed by atoms with Crippen molar-refractivity contribution in [3.05, 3.63) is 24.3 Å². The molecular weight excluding hydrogens is 190 g/mol. The molecule has 0 atom stereocenters. The smallest absolute Gasteiger partial charge is 0.0314 e. The Labute approximate surface area is 91.1 Å². The highest BCUT2D eigenvalue weighted by Gasteiger charge is 1.96. The molecule has 0 bridgehead atoms. The van der Waals surface area contributed by atoms with E-state index in [1.54, 1.807) is 0 Å². The van der Waals surface area contributed by atoms with Crippen LogP contribution < -0.4 is 5.73 Å². The van der Waals surface area contributed by atoms with Crippen LogP contribution in [-0.2, 0) is 0 Å². The maximum atomic E-state index is 5.61. The van der Waals surface area contributed by atoms with Crippen molar-refractivity contribution in [2.24, 2.45) is 5.92 Å². The number of benzene rings is 1. The summed E-state index contributed by atoms with van der Waals surface area (Å²) < 4.78 is 0. The number of thioether (sulfide) groups is 1. The molecule has 0 aliphatic rings. The maximum Gasteiger partial charge on any atom is 0.0314 e. The minimum absolute atomic E-state index is 0.821. The molecule has 1 rings (SSSR count). The molecule has 0 unspecified atom stereocenters. The molecule has 1 aromatic rings. The van der Waals surface area contributed by atoms with Crippen LogP contribution in [0.2, 0.25) is 0 Å². The van der Waals surface area contributed by atoms with Gasteiger partial charge in [-0.15, -0.1) is 11.8 Å². The molecular formula is C12H19NS. The van der Waals surface area contributed by atoms with E-state index < -0.39 is 0 Å². The largest absolute Gasteiger partial charge is 0.399 e. The summed E-state index contributed by atoms with van der Waals surface area (Å²) in [5.74, 6) is 2.03. The number of nitrogens with two attached hydrogens (primary N) is 1. The average molecular weight is 209 g/mol. The van der Waals surface area contributed by atoms with Gasteiger partial charge in [0.2, 0.25) is 0 Å². The maximum absolute atomic E-state index is 5.61. The van der Waals surface area contributed by atoms with Crippen LogP contribution in [0.5, 0.6) is 0 Å². The Bertz CT molecular complexity index is 254. The van der Waals surface area contributed by atoms with Crippen molar-refractivity contribution in [2.45, 2.75) is 31.6 Å². The second kappa shape index (κ2) is 5.97. The molecule has 0 aliphatic heterocycles. The van der Waals surface area contributed by atoms with Crippen molar-refractivity contribution in [2.75, 3.05) is 11.5 Å². The van der Waals surface area contributed by atoms with E-state index in [2.05, 4.69) is 26.0 Å². The van der Waals surface area contributed by atoms with Gasteiger partial charge >= 0.3 is 0 Å². The predicted octanol–water partition coefficient (Wildman–Crippen LogP) is 3.80. The van der Waals surface area contributed by atoms with E-state index in [1.807, 2.05) is 23.9 Å². The SMILES string of the molecule is CC(C)CCCSc1ccc(N)cc1. The lowest BCUT2D eigenvalue weighted by molar-refractivity contribution is 0.579. The minimum atomic E-state index is 0.821. The van der Waals surface area contributed by atoms with E-state index in [4.69, 9.17) is 5.73 Å². The van der Waals surface area contributed by atoms with Gasteiger partial charge < -0.3 is 5.73 Å². The molecule has 0 radical (unpaired) electrons. The highest BCUT2D eigenvalue weighted by Crippen LogP contribution is 2.21. The molecule has 0 amide bonds. The van der Waals surface area contributed by atoms with Crippen LogP contribution in [0.4, 0.5) is 5.69 Å². The molecule has 2 heteroatoms. The van der Waals surface area contributed by atoms with Crippen LogP contribution in [-0.4, -0.2) is 5.75 Å². The summed E-state index contributed by atoms with van der Waals surface area (Å²) in [5.41, 5.74) is 6.46. The summed E-state index contributed by atoms with van der Waals surface area (Å²) in [5, 5.41) is 0. The van der Waals surface area contributed by atoms with E-state index >= 15 is 0 Å². The quantitative estimate of drug-likeness (QED) is 0.453. The third kappa shape index (κ3) is 4.56. The summed E-state index contributed by atoms with van der Waals surface area (Å²) in [6.07, 6.45) is 2.62. The van der Waals surface area contributed by atoms with Crippen LogP contribution in [0.1, 0.15) is 26.7 Å².